The van der Waals surface area contributed by atoms with Crippen LogP contribution in [0.2, 0.25) is 0 Å². The van der Waals surface area contributed by atoms with Gasteiger partial charge in [0, 0.05) is 43.4 Å². The fraction of sp³-hybridized carbons (Fsp3) is 0.450. The van der Waals surface area contributed by atoms with Crippen LogP contribution in [-0.2, 0) is 16.1 Å². The molecular weight excluding hydrogens is 389 g/mol. The van der Waals surface area contributed by atoms with Crippen LogP contribution in [0.3, 0.4) is 0 Å². The molecule has 3 heterocycles. The molecule has 2 saturated heterocycles. The van der Waals surface area contributed by atoms with Crippen molar-refractivity contribution in [3.8, 4) is 5.75 Å². The number of carbonyl (C=O) groups is 1. The maximum Gasteiger partial charge on any atom is 0.490 e. The summed E-state index contributed by atoms with van der Waals surface area (Å²) in [4.78, 5) is 14.7. The lowest BCUT2D eigenvalue weighted by molar-refractivity contribution is -0.192. The summed E-state index contributed by atoms with van der Waals surface area (Å²) in [6.45, 7) is 4.70. The van der Waals surface area contributed by atoms with E-state index in [9.17, 15) is 13.2 Å². The van der Waals surface area contributed by atoms with E-state index >= 15 is 0 Å². The SMILES string of the molecule is O=C(O)C(F)(F)F.c1ccc(OC[C@@H]2CO[C@@H]3CN(Cc4ccc[nH]4)C[C@H]23)cc1. The minimum Gasteiger partial charge on any atom is -0.493 e. The van der Waals surface area contributed by atoms with E-state index in [-0.39, 0.29) is 0 Å². The maximum atomic E-state index is 10.6. The molecule has 9 heteroatoms. The monoisotopic (exact) mass is 412 g/mol. The number of aromatic amines is 1. The quantitative estimate of drug-likeness (QED) is 0.789. The molecule has 29 heavy (non-hydrogen) atoms. The van der Waals surface area contributed by atoms with Crippen LogP contribution in [0.15, 0.2) is 48.7 Å². The molecule has 0 bridgehead atoms. The number of aliphatic carboxylic acids is 1. The van der Waals surface area contributed by atoms with Crippen molar-refractivity contribution in [2.24, 2.45) is 11.8 Å². The van der Waals surface area contributed by atoms with E-state index in [1.165, 1.54) is 5.69 Å². The number of para-hydroxylation sites is 1. The Morgan fingerprint density at radius 3 is 2.55 bits per heavy atom. The van der Waals surface area contributed by atoms with Crippen LogP contribution in [0, 0.1) is 11.8 Å². The second kappa shape index (κ2) is 9.32. The van der Waals surface area contributed by atoms with Crippen molar-refractivity contribution in [3.05, 3.63) is 54.4 Å². The molecule has 0 saturated carbocycles. The first-order valence-corrected chi connectivity index (χ1v) is 9.27. The number of benzene rings is 1. The summed E-state index contributed by atoms with van der Waals surface area (Å²) in [5.74, 6) is -0.711. The van der Waals surface area contributed by atoms with Crippen LogP contribution >= 0.6 is 0 Å². The molecule has 2 aliphatic heterocycles. The largest absolute Gasteiger partial charge is 0.493 e. The summed E-state index contributed by atoms with van der Waals surface area (Å²) in [6.07, 6.45) is -2.72. The van der Waals surface area contributed by atoms with E-state index in [4.69, 9.17) is 19.4 Å². The van der Waals surface area contributed by atoms with Crippen LogP contribution in [0.4, 0.5) is 13.2 Å². The first kappa shape index (κ1) is 21.2. The van der Waals surface area contributed by atoms with Gasteiger partial charge in [0.25, 0.3) is 0 Å². The Labute approximate surface area is 166 Å². The number of likely N-dealkylation sites (tertiary alicyclic amines) is 1. The number of rotatable bonds is 5. The number of aromatic nitrogens is 1. The van der Waals surface area contributed by atoms with Gasteiger partial charge in [0.05, 0.1) is 19.3 Å². The van der Waals surface area contributed by atoms with E-state index < -0.39 is 12.1 Å². The highest BCUT2D eigenvalue weighted by molar-refractivity contribution is 5.73. The van der Waals surface area contributed by atoms with Gasteiger partial charge in [-0.15, -0.1) is 0 Å². The van der Waals surface area contributed by atoms with Crippen LogP contribution < -0.4 is 4.74 Å². The lowest BCUT2D eigenvalue weighted by Crippen LogP contribution is -2.26. The highest BCUT2D eigenvalue weighted by Crippen LogP contribution is 2.34. The third kappa shape index (κ3) is 5.98. The second-order valence-corrected chi connectivity index (χ2v) is 7.11. The fourth-order valence-corrected chi connectivity index (χ4v) is 3.61. The Balaban J connectivity index is 0.000000298. The van der Waals surface area contributed by atoms with Crippen molar-refractivity contribution in [2.45, 2.75) is 18.8 Å². The number of ether oxygens (including phenoxy) is 2. The number of hydrogen-bond donors (Lipinski definition) is 2. The number of hydrogen-bond acceptors (Lipinski definition) is 4. The Kier molecular flexibility index (Phi) is 6.81. The Morgan fingerprint density at radius 1 is 1.21 bits per heavy atom. The van der Waals surface area contributed by atoms with Gasteiger partial charge in [-0.2, -0.15) is 13.2 Å². The fourth-order valence-electron chi connectivity index (χ4n) is 3.61. The minimum atomic E-state index is -5.08. The van der Waals surface area contributed by atoms with Gasteiger partial charge >= 0.3 is 12.1 Å². The minimum absolute atomic E-state index is 0.374. The summed E-state index contributed by atoms with van der Waals surface area (Å²) < 4.78 is 43.7. The van der Waals surface area contributed by atoms with Gasteiger partial charge in [-0.3, -0.25) is 4.90 Å². The van der Waals surface area contributed by atoms with E-state index in [1.54, 1.807) is 0 Å². The number of carboxylic acids is 1. The van der Waals surface area contributed by atoms with Crippen LogP contribution in [-0.4, -0.2) is 59.5 Å². The number of alkyl halides is 3. The van der Waals surface area contributed by atoms with Gasteiger partial charge in [-0.25, -0.2) is 4.79 Å². The smallest absolute Gasteiger partial charge is 0.490 e. The number of H-pyrrole nitrogens is 1. The normalized spacial score (nSPS) is 23.9. The standard InChI is InChI=1S/C18H22N2O2.C2HF3O2/c1-2-6-16(7-3-1)21-12-14-13-22-18-11-20(10-17(14)18)9-15-5-4-8-19-15;3-2(4,5)1(6)7/h1-8,14,17-19H,9-13H2;(H,6,7)/t14-,17-,18-;/m1./s1. The summed E-state index contributed by atoms with van der Waals surface area (Å²) in [6, 6.07) is 14.3. The Hall–Kier alpha value is -2.52. The molecule has 158 valence electrons. The molecule has 2 aliphatic rings. The maximum absolute atomic E-state index is 10.6. The van der Waals surface area contributed by atoms with Gasteiger partial charge in [-0.1, -0.05) is 18.2 Å². The van der Waals surface area contributed by atoms with Gasteiger partial charge in [-0.05, 0) is 24.3 Å². The van der Waals surface area contributed by atoms with Crippen molar-refractivity contribution in [1.29, 1.82) is 0 Å². The number of nitrogens with one attached hydrogen (secondary N) is 1. The summed E-state index contributed by atoms with van der Waals surface area (Å²) >= 11 is 0. The summed E-state index contributed by atoms with van der Waals surface area (Å²) in [7, 11) is 0. The van der Waals surface area contributed by atoms with Gasteiger partial charge in [0.15, 0.2) is 0 Å². The first-order chi connectivity index (χ1) is 13.8. The molecule has 2 fully saturated rings. The molecule has 1 aromatic heterocycles. The Morgan fingerprint density at radius 2 is 1.93 bits per heavy atom. The molecule has 0 unspecified atom stereocenters. The molecule has 0 spiro atoms. The molecule has 1 aromatic carbocycles. The number of fused-ring (bicyclic) bond motifs is 1. The van der Waals surface area contributed by atoms with Gasteiger partial charge < -0.3 is 19.6 Å². The van der Waals surface area contributed by atoms with E-state index in [0.29, 0.717) is 17.9 Å². The third-order valence-electron chi connectivity index (χ3n) is 5.02. The molecule has 2 N–H and O–H groups in total. The lowest BCUT2D eigenvalue weighted by Gasteiger charge is -2.19. The Bertz CT molecular complexity index is 768. The zero-order valence-corrected chi connectivity index (χ0v) is 15.6. The van der Waals surface area contributed by atoms with E-state index in [1.807, 2.05) is 36.5 Å². The van der Waals surface area contributed by atoms with Crippen molar-refractivity contribution in [2.75, 3.05) is 26.3 Å². The summed E-state index contributed by atoms with van der Waals surface area (Å²) in [5.41, 5.74) is 1.28. The lowest BCUT2D eigenvalue weighted by atomic mass is 9.94. The second-order valence-electron chi connectivity index (χ2n) is 7.11. The molecule has 0 radical (unpaired) electrons. The van der Waals surface area contributed by atoms with E-state index in [0.717, 1.165) is 38.6 Å². The molecule has 6 nitrogen and oxygen atoms in total. The van der Waals surface area contributed by atoms with Crippen molar-refractivity contribution in [1.82, 2.24) is 9.88 Å². The van der Waals surface area contributed by atoms with Gasteiger partial charge in [0.1, 0.15) is 5.75 Å². The molecular formula is C20H23F3N2O4. The predicted octanol–water partition coefficient (Wildman–Crippen LogP) is 3.17. The van der Waals surface area contributed by atoms with Crippen LogP contribution in [0.5, 0.6) is 5.75 Å². The van der Waals surface area contributed by atoms with Crippen LogP contribution in [0.1, 0.15) is 5.69 Å². The molecule has 3 atom stereocenters. The molecule has 0 aliphatic carbocycles. The molecule has 0 amide bonds. The average Bonchev–Trinajstić information content (AvgIpc) is 3.39. The zero-order chi connectivity index (χ0) is 20.9. The number of nitrogens with zero attached hydrogens (tertiary/aromatic N) is 1. The average molecular weight is 412 g/mol. The van der Waals surface area contributed by atoms with Crippen LogP contribution in [0.25, 0.3) is 0 Å². The molecule has 4 rings (SSSR count). The molecule has 2 aromatic rings. The van der Waals surface area contributed by atoms with Crippen molar-refractivity contribution in [3.63, 3.8) is 0 Å². The third-order valence-corrected chi connectivity index (χ3v) is 5.02. The number of carboxylic acid groups (broad SMARTS) is 1. The zero-order valence-electron chi connectivity index (χ0n) is 15.6. The van der Waals surface area contributed by atoms with E-state index in [2.05, 4.69) is 22.0 Å². The first-order valence-electron chi connectivity index (χ1n) is 9.27. The summed E-state index contributed by atoms with van der Waals surface area (Å²) in [5, 5.41) is 7.12. The highest BCUT2D eigenvalue weighted by atomic mass is 19.4. The topological polar surface area (TPSA) is 74.8 Å². The number of halogens is 3. The van der Waals surface area contributed by atoms with Crippen molar-refractivity contribution < 1.29 is 32.5 Å². The van der Waals surface area contributed by atoms with Crippen molar-refractivity contribution >= 4 is 5.97 Å². The highest BCUT2D eigenvalue weighted by Gasteiger charge is 2.44. The predicted molar refractivity (Wildman–Crippen MR) is 98.4 cm³/mol. The van der Waals surface area contributed by atoms with Gasteiger partial charge in [0.2, 0.25) is 0 Å².